The van der Waals surface area contributed by atoms with Gasteiger partial charge in [-0.1, -0.05) is 0 Å². The Balaban J connectivity index is 2.18. The van der Waals surface area contributed by atoms with Gasteiger partial charge in [0.15, 0.2) is 0 Å². The van der Waals surface area contributed by atoms with Gasteiger partial charge >= 0.3 is 6.03 Å². The van der Waals surface area contributed by atoms with E-state index in [1.165, 1.54) is 0 Å². The van der Waals surface area contributed by atoms with E-state index in [2.05, 4.69) is 10.6 Å². The maximum Gasteiger partial charge on any atom is 0.317 e. The summed E-state index contributed by atoms with van der Waals surface area (Å²) in [6.07, 6.45) is 0.922. The van der Waals surface area contributed by atoms with Gasteiger partial charge in [-0.3, -0.25) is 0 Å². The van der Waals surface area contributed by atoms with Crippen molar-refractivity contribution in [3.63, 3.8) is 0 Å². The third kappa shape index (κ3) is 3.51. The summed E-state index contributed by atoms with van der Waals surface area (Å²) < 4.78 is 5.17. The van der Waals surface area contributed by atoms with Crippen LogP contribution in [0, 0.1) is 0 Å². The van der Waals surface area contributed by atoms with Crippen LogP contribution < -0.4 is 10.6 Å². The molecule has 0 aliphatic carbocycles. The Hall–Kier alpha value is -0.810. The summed E-state index contributed by atoms with van der Waals surface area (Å²) in [7, 11) is 3.67. The topological polar surface area (TPSA) is 53.6 Å². The maximum atomic E-state index is 11.5. The number of likely N-dealkylation sites (N-methyl/N-ethyl adjacent to an activating group) is 2. The molecule has 0 aromatic heterocycles. The zero-order valence-corrected chi connectivity index (χ0v) is 8.88. The summed E-state index contributed by atoms with van der Waals surface area (Å²) >= 11 is 0. The molecule has 1 aliphatic heterocycles. The zero-order valence-electron chi connectivity index (χ0n) is 8.88. The van der Waals surface area contributed by atoms with Gasteiger partial charge in [0.25, 0.3) is 0 Å². The Labute approximate surface area is 84.8 Å². The van der Waals surface area contributed by atoms with Crippen LogP contribution >= 0.6 is 0 Å². The molecular weight excluding hydrogens is 182 g/mol. The van der Waals surface area contributed by atoms with Crippen molar-refractivity contribution >= 4 is 6.03 Å². The van der Waals surface area contributed by atoms with E-state index >= 15 is 0 Å². The van der Waals surface area contributed by atoms with Gasteiger partial charge in [0.1, 0.15) is 0 Å². The summed E-state index contributed by atoms with van der Waals surface area (Å²) in [5.74, 6) is 0. The fourth-order valence-corrected chi connectivity index (χ4v) is 1.31. The normalized spacial score (nSPS) is 20.9. The average molecular weight is 201 g/mol. The molecule has 1 heterocycles. The highest BCUT2D eigenvalue weighted by Crippen LogP contribution is 2.03. The average Bonchev–Trinajstić information content (AvgIpc) is 2.66. The van der Waals surface area contributed by atoms with E-state index in [1.54, 1.807) is 11.9 Å². The summed E-state index contributed by atoms with van der Waals surface area (Å²) in [5, 5.41) is 5.92. The summed E-state index contributed by atoms with van der Waals surface area (Å²) in [6, 6.07) is 0.176. The quantitative estimate of drug-likeness (QED) is 0.653. The van der Waals surface area contributed by atoms with E-state index in [0.717, 1.165) is 26.1 Å². The van der Waals surface area contributed by atoms with Crippen LogP contribution in [-0.4, -0.2) is 57.4 Å². The van der Waals surface area contributed by atoms with Crippen LogP contribution in [0.25, 0.3) is 0 Å². The van der Waals surface area contributed by atoms with Crippen LogP contribution in [0.5, 0.6) is 0 Å². The third-order valence-electron chi connectivity index (χ3n) is 2.30. The van der Waals surface area contributed by atoms with Gasteiger partial charge in [-0.05, 0) is 13.5 Å². The van der Waals surface area contributed by atoms with Gasteiger partial charge in [-0.2, -0.15) is 0 Å². The van der Waals surface area contributed by atoms with Crippen LogP contribution in [0.4, 0.5) is 4.79 Å². The van der Waals surface area contributed by atoms with Crippen molar-refractivity contribution in [2.45, 2.75) is 12.5 Å². The van der Waals surface area contributed by atoms with E-state index in [9.17, 15) is 4.79 Å². The number of carbonyl (C=O) groups excluding carboxylic acids is 1. The Kier molecular flexibility index (Phi) is 4.69. The number of ether oxygens (including phenoxy) is 1. The molecule has 1 aliphatic rings. The second kappa shape index (κ2) is 5.82. The number of carbonyl (C=O) groups is 1. The van der Waals surface area contributed by atoms with Crippen molar-refractivity contribution in [1.82, 2.24) is 15.5 Å². The molecule has 0 aromatic rings. The summed E-state index contributed by atoms with van der Waals surface area (Å²) in [4.78, 5) is 13.2. The molecule has 14 heavy (non-hydrogen) atoms. The fraction of sp³-hybridized carbons (Fsp3) is 0.889. The van der Waals surface area contributed by atoms with Crippen LogP contribution in [0.2, 0.25) is 0 Å². The van der Waals surface area contributed by atoms with Crippen molar-refractivity contribution < 1.29 is 9.53 Å². The monoisotopic (exact) mass is 201 g/mol. The lowest BCUT2D eigenvalue weighted by molar-refractivity contribution is 0.182. The van der Waals surface area contributed by atoms with Gasteiger partial charge in [0.2, 0.25) is 0 Å². The van der Waals surface area contributed by atoms with Crippen molar-refractivity contribution in [3.05, 3.63) is 0 Å². The van der Waals surface area contributed by atoms with E-state index in [4.69, 9.17) is 4.74 Å². The molecule has 0 spiro atoms. The molecule has 1 atom stereocenters. The molecule has 1 rings (SSSR count). The molecule has 5 heteroatoms. The molecule has 2 N–H and O–H groups in total. The zero-order chi connectivity index (χ0) is 10.4. The maximum absolute atomic E-state index is 11.5. The Morgan fingerprint density at radius 3 is 3.00 bits per heavy atom. The molecule has 1 fully saturated rings. The third-order valence-corrected chi connectivity index (χ3v) is 2.30. The summed E-state index contributed by atoms with van der Waals surface area (Å²) in [6.45, 7) is 2.93. The van der Waals surface area contributed by atoms with E-state index in [0.29, 0.717) is 6.61 Å². The van der Waals surface area contributed by atoms with Gasteiger partial charge in [-0.25, -0.2) is 4.79 Å². The van der Waals surface area contributed by atoms with Gasteiger partial charge < -0.3 is 20.3 Å². The molecule has 0 aromatic carbocycles. The predicted molar refractivity (Wildman–Crippen MR) is 54.3 cm³/mol. The molecule has 0 saturated carbocycles. The molecular formula is C9H19N3O2. The van der Waals surface area contributed by atoms with Crippen LogP contribution in [0.3, 0.4) is 0 Å². The number of urea groups is 1. The van der Waals surface area contributed by atoms with Gasteiger partial charge in [0.05, 0.1) is 12.6 Å². The molecule has 1 unspecified atom stereocenters. The van der Waals surface area contributed by atoms with Gasteiger partial charge in [-0.15, -0.1) is 0 Å². The minimum Gasteiger partial charge on any atom is -0.379 e. The van der Waals surface area contributed by atoms with Crippen LogP contribution in [0.15, 0.2) is 0 Å². The van der Waals surface area contributed by atoms with Crippen molar-refractivity contribution in [2.24, 2.45) is 0 Å². The smallest absolute Gasteiger partial charge is 0.317 e. The minimum atomic E-state index is -0.0178. The highest BCUT2D eigenvalue weighted by atomic mass is 16.5. The second-order valence-electron chi connectivity index (χ2n) is 3.54. The lowest BCUT2D eigenvalue weighted by Gasteiger charge is -2.20. The lowest BCUT2D eigenvalue weighted by atomic mass is 10.3. The van der Waals surface area contributed by atoms with E-state index in [-0.39, 0.29) is 12.1 Å². The first-order valence-corrected chi connectivity index (χ1v) is 4.98. The van der Waals surface area contributed by atoms with Gasteiger partial charge in [0, 0.05) is 26.7 Å². The highest BCUT2D eigenvalue weighted by Gasteiger charge is 2.19. The van der Waals surface area contributed by atoms with Crippen molar-refractivity contribution in [2.75, 3.05) is 40.4 Å². The lowest BCUT2D eigenvalue weighted by Crippen LogP contribution is -2.45. The number of nitrogens with zero attached hydrogens (tertiary/aromatic N) is 1. The molecule has 2 amide bonds. The highest BCUT2D eigenvalue weighted by molar-refractivity contribution is 5.74. The first-order valence-electron chi connectivity index (χ1n) is 4.98. The number of hydrogen-bond donors (Lipinski definition) is 2. The largest absolute Gasteiger partial charge is 0.379 e. The van der Waals surface area contributed by atoms with Crippen LogP contribution in [-0.2, 0) is 4.74 Å². The van der Waals surface area contributed by atoms with Crippen molar-refractivity contribution in [1.29, 1.82) is 0 Å². The minimum absolute atomic E-state index is 0.0178. The number of rotatable bonds is 4. The second-order valence-corrected chi connectivity index (χ2v) is 3.54. The Bertz CT molecular complexity index is 181. The number of hydrogen-bond acceptors (Lipinski definition) is 3. The van der Waals surface area contributed by atoms with Crippen molar-refractivity contribution in [3.8, 4) is 0 Å². The molecule has 82 valence electrons. The SMILES string of the molecule is CNCCN(C)C(=O)NC1CCOC1. The molecule has 0 bridgehead atoms. The number of amides is 2. The Morgan fingerprint density at radius 1 is 1.64 bits per heavy atom. The van der Waals surface area contributed by atoms with Crippen LogP contribution in [0.1, 0.15) is 6.42 Å². The fourth-order valence-electron chi connectivity index (χ4n) is 1.31. The summed E-state index contributed by atoms with van der Waals surface area (Å²) in [5.41, 5.74) is 0. The number of nitrogens with one attached hydrogen (secondary N) is 2. The first-order chi connectivity index (χ1) is 6.74. The Morgan fingerprint density at radius 2 is 2.43 bits per heavy atom. The molecule has 1 saturated heterocycles. The first kappa shape index (κ1) is 11.3. The van der Waals surface area contributed by atoms with E-state index in [1.807, 2.05) is 7.05 Å². The molecule has 5 nitrogen and oxygen atoms in total. The standard InChI is InChI=1S/C9H19N3O2/c1-10-4-5-12(2)9(13)11-8-3-6-14-7-8/h8,10H,3-7H2,1-2H3,(H,11,13). The van der Waals surface area contributed by atoms with E-state index < -0.39 is 0 Å². The molecule has 0 radical (unpaired) electrons. The predicted octanol–water partition coefficient (Wildman–Crippen LogP) is -0.364.